The molecule has 0 saturated heterocycles. The molecular formula is C8H19N2NaO10. The third kappa shape index (κ3) is 170. The Labute approximate surface area is 142 Å². The predicted octanol–water partition coefficient (Wildman–Crippen LogP) is -2.90. The van der Waals surface area contributed by atoms with E-state index in [4.69, 9.17) is 40.5 Å². The summed E-state index contributed by atoms with van der Waals surface area (Å²) in [5.41, 5.74) is 8.50. The molecule has 0 fully saturated rings. The van der Waals surface area contributed by atoms with E-state index in [1.54, 1.807) is 0 Å². The number of carboxylic acids is 2. The van der Waals surface area contributed by atoms with Crippen molar-refractivity contribution in [3.63, 3.8) is 0 Å². The van der Waals surface area contributed by atoms with Gasteiger partial charge in [-0.05, 0) is 12.8 Å². The maximum Gasteiger partial charge on any atom is 1.00 e. The first kappa shape index (κ1) is 31.7. The monoisotopic (exact) mass is 326 g/mol. The topological polar surface area (TPSA) is 242 Å². The smallest absolute Gasteiger partial charge is 1.00 e. The van der Waals surface area contributed by atoms with Gasteiger partial charge >= 0.3 is 53.7 Å². The Balaban J connectivity index is -0.0000000453. The maximum atomic E-state index is 9.90. The Morgan fingerprint density at radius 2 is 0.905 bits per heavy atom. The van der Waals surface area contributed by atoms with Gasteiger partial charge in [0, 0.05) is 12.8 Å². The summed E-state index contributed by atoms with van der Waals surface area (Å²) in [6.45, 7) is 0. The molecule has 0 aromatic heterocycles. The zero-order valence-electron chi connectivity index (χ0n) is 12.3. The number of hydrogen-bond donors (Lipinski definition) is 8. The van der Waals surface area contributed by atoms with Gasteiger partial charge in [-0.2, -0.15) is 0 Å². The van der Waals surface area contributed by atoms with Gasteiger partial charge < -0.3 is 33.3 Å². The molecule has 0 heterocycles. The fraction of sp³-hybridized carbons (Fsp3) is 0.500. The number of aliphatic carboxylic acids is 2. The van der Waals surface area contributed by atoms with Crippen LogP contribution < -0.4 is 41.0 Å². The van der Waals surface area contributed by atoms with Crippen LogP contribution in [0.1, 0.15) is 27.1 Å². The molecule has 0 aliphatic carbocycles. The number of amides is 2. The van der Waals surface area contributed by atoms with Gasteiger partial charge in [-0.1, -0.05) is 0 Å². The molecule has 21 heavy (non-hydrogen) atoms. The number of nitrogens with two attached hydrogens (primary N) is 2. The third-order valence-electron chi connectivity index (χ3n) is 1.03. The van der Waals surface area contributed by atoms with Gasteiger partial charge in [-0.3, -0.25) is 20.1 Å². The van der Waals surface area contributed by atoms with E-state index < -0.39 is 24.1 Å². The van der Waals surface area contributed by atoms with E-state index in [1.807, 2.05) is 0 Å². The fourth-order valence-electron chi connectivity index (χ4n) is 0.552. The maximum absolute atomic E-state index is 9.90. The Morgan fingerprint density at radius 1 is 0.762 bits per heavy atom. The van der Waals surface area contributed by atoms with Gasteiger partial charge in [0.1, 0.15) is 0 Å². The Hall–Kier alpha value is -1.60. The van der Waals surface area contributed by atoms with Crippen LogP contribution in [-0.4, -0.2) is 55.1 Å². The van der Waals surface area contributed by atoms with Crippen molar-refractivity contribution < 1.29 is 81.1 Å². The molecule has 12 nitrogen and oxygen atoms in total. The minimum Gasteiger partial charge on any atom is -1.00 e. The second kappa shape index (κ2) is 26.9. The molecule has 0 radical (unpaired) electrons. The van der Waals surface area contributed by atoms with Crippen molar-refractivity contribution in [2.24, 2.45) is 11.5 Å². The fourth-order valence-corrected chi connectivity index (χ4v) is 0.552. The number of primary amides is 2. The summed E-state index contributed by atoms with van der Waals surface area (Å²) in [5.74, 6) is -1.74. The molecule has 0 aromatic rings. The molecule has 0 spiro atoms. The molecule has 0 atom stereocenters. The van der Waals surface area contributed by atoms with Crippen molar-refractivity contribution in [1.29, 1.82) is 0 Å². The molecule has 0 rings (SSSR count). The first-order chi connectivity index (χ1) is 9.09. The molecule has 13 heteroatoms. The van der Waals surface area contributed by atoms with Crippen LogP contribution in [0.2, 0.25) is 0 Å². The summed E-state index contributed by atoms with van der Waals surface area (Å²) in [5, 5.41) is 42.2. The van der Waals surface area contributed by atoms with Gasteiger partial charge in [0.15, 0.2) is 0 Å². The van der Waals surface area contributed by atoms with Crippen molar-refractivity contribution in [3.8, 4) is 0 Å². The van der Waals surface area contributed by atoms with Crippen LogP contribution >= 0.6 is 0 Å². The molecule has 0 unspecified atom stereocenters. The van der Waals surface area contributed by atoms with Gasteiger partial charge in [0.05, 0.1) is 0 Å². The summed E-state index contributed by atoms with van der Waals surface area (Å²) >= 11 is 0. The molecule has 0 bridgehead atoms. The number of carbonyl (C=O) groups is 4. The largest absolute Gasteiger partial charge is 1.00 e. The van der Waals surface area contributed by atoms with Crippen LogP contribution in [-0.2, 0) is 9.59 Å². The predicted molar refractivity (Wildman–Crippen MR) is 64.5 cm³/mol. The second-order valence-electron chi connectivity index (χ2n) is 2.68. The van der Waals surface area contributed by atoms with Crippen molar-refractivity contribution in [2.75, 3.05) is 0 Å². The first-order valence-electron chi connectivity index (χ1n) is 4.70. The van der Waals surface area contributed by atoms with Crippen LogP contribution in [0.5, 0.6) is 0 Å². The Kier molecular flexibility index (Phi) is 40.5. The Bertz CT molecular complexity index is 256. The molecule has 10 N–H and O–H groups in total. The van der Waals surface area contributed by atoms with Crippen LogP contribution in [0.3, 0.4) is 0 Å². The van der Waals surface area contributed by atoms with E-state index in [-0.39, 0.29) is 43.8 Å². The summed E-state index contributed by atoms with van der Waals surface area (Å²) in [6.07, 6.45) is -0.816. The molecular weight excluding hydrogens is 307 g/mol. The number of carbonyl (C=O) groups excluding carboxylic acids is 1. The van der Waals surface area contributed by atoms with Crippen molar-refractivity contribution in [1.82, 2.24) is 0 Å². The second-order valence-corrected chi connectivity index (χ2v) is 2.68. The average Bonchev–Trinajstić information content (AvgIpc) is 2.25. The van der Waals surface area contributed by atoms with E-state index in [2.05, 4.69) is 11.5 Å². The number of urea groups is 1. The third-order valence-corrected chi connectivity index (χ3v) is 1.03. The SMILES string of the molecule is NC(N)=O.O=C(O)CCCCC(=O)O.O=C(O)O.OO.[H-].[Na+]. The Morgan fingerprint density at radius 3 is 1.00 bits per heavy atom. The van der Waals surface area contributed by atoms with Crippen molar-refractivity contribution in [2.45, 2.75) is 25.7 Å². The minimum atomic E-state index is -1.83. The number of hydrogen-bond acceptors (Lipinski definition) is 6. The van der Waals surface area contributed by atoms with Crippen LogP contribution in [0.15, 0.2) is 0 Å². The van der Waals surface area contributed by atoms with E-state index >= 15 is 0 Å². The first-order valence-corrected chi connectivity index (χ1v) is 4.70. The summed E-state index contributed by atoms with van der Waals surface area (Å²) < 4.78 is 0. The quantitative estimate of drug-likeness (QED) is 0.111. The van der Waals surface area contributed by atoms with Gasteiger partial charge in [-0.25, -0.2) is 9.59 Å². The molecule has 0 aromatic carbocycles. The summed E-state index contributed by atoms with van der Waals surface area (Å²) in [7, 11) is 0. The van der Waals surface area contributed by atoms with Crippen LogP contribution in [0.25, 0.3) is 0 Å². The zero-order valence-corrected chi connectivity index (χ0v) is 13.3. The van der Waals surface area contributed by atoms with Crippen molar-refractivity contribution in [3.05, 3.63) is 0 Å². The van der Waals surface area contributed by atoms with Gasteiger partial charge in [0.2, 0.25) is 0 Å². The van der Waals surface area contributed by atoms with Crippen LogP contribution in [0, 0.1) is 0 Å². The number of carboxylic acid groups (broad SMARTS) is 4. The number of rotatable bonds is 5. The normalized spacial score (nSPS) is 6.95. The summed E-state index contributed by atoms with van der Waals surface area (Å²) in [6, 6.07) is -0.833. The minimum absolute atomic E-state index is 0. The molecule has 122 valence electrons. The van der Waals surface area contributed by atoms with Gasteiger partial charge in [-0.15, -0.1) is 0 Å². The van der Waals surface area contributed by atoms with Gasteiger partial charge in [0.25, 0.3) is 0 Å². The van der Waals surface area contributed by atoms with E-state index in [0.717, 1.165) is 0 Å². The van der Waals surface area contributed by atoms with E-state index in [0.29, 0.717) is 12.8 Å². The van der Waals surface area contributed by atoms with E-state index in [1.165, 1.54) is 0 Å². The molecule has 2 amide bonds. The van der Waals surface area contributed by atoms with E-state index in [9.17, 15) is 9.59 Å². The molecule has 0 aliphatic heterocycles. The van der Waals surface area contributed by atoms with Crippen LogP contribution in [0.4, 0.5) is 9.59 Å². The number of unbranched alkanes of at least 4 members (excludes halogenated alkanes) is 1. The standard InChI is InChI=1S/C6H10O4.CH4N2O.CH2O3.Na.H2O2.H/c7-5(8)3-1-2-4-6(9)10;2*2-1(3)4;;1-2;/h1-4H2,(H,7,8)(H,9,10);(H4,2,3,4);(H2,2,3,4);;1-2H;/q;;;+1;;-1. The molecule has 0 aliphatic rings. The zero-order chi connectivity index (χ0) is 17.1. The van der Waals surface area contributed by atoms with Crippen molar-refractivity contribution >= 4 is 24.1 Å². The average molecular weight is 326 g/mol. The summed E-state index contributed by atoms with van der Waals surface area (Å²) in [4.78, 5) is 37.3. The molecule has 0 saturated carbocycles.